The van der Waals surface area contributed by atoms with Crippen LogP contribution in [0.25, 0.3) is 0 Å². The Balaban J connectivity index is 0.00000127. The highest BCUT2D eigenvalue weighted by Gasteiger charge is 2.95. The van der Waals surface area contributed by atoms with Gasteiger partial charge in [0.25, 0.3) is 0 Å². The molecule has 1 rings (SSSR count). The molecule has 0 amide bonds. The number of ketones is 1. The summed E-state index contributed by atoms with van der Waals surface area (Å²) in [4.78, 5) is 10.6. The lowest BCUT2D eigenvalue weighted by atomic mass is 9.91. The van der Waals surface area contributed by atoms with Gasteiger partial charge in [-0.1, -0.05) is 0 Å². The van der Waals surface area contributed by atoms with Crippen LogP contribution in [-0.2, 0) is 25.8 Å². The number of carbonyl (C=O) groups excluding carboxylic acids is 1. The van der Waals surface area contributed by atoms with Crippen LogP contribution < -0.4 is 0 Å². The van der Waals surface area contributed by atoms with Crippen LogP contribution in [0.5, 0.6) is 0 Å². The smallest absolute Gasteiger partial charge is 0.460 e. The van der Waals surface area contributed by atoms with Crippen molar-refractivity contribution < 1.29 is 92.4 Å². The fourth-order valence-electron chi connectivity index (χ4n) is 2.45. The Morgan fingerprint density at radius 3 is 1.18 bits per heavy atom. The summed E-state index contributed by atoms with van der Waals surface area (Å²) in [6.07, 6.45) is -5.18. The molecule has 0 unspecified atom stereocenters. The first-order valence-electron chi connectivity index (χ1n) is 9.09. The second kappa shape index (κ2) is 10.6. The molecule has 0 aromatic carbocycles. The van der Waals surface area contributed by atoms with Crippen molar-refractivity contribution in [2.75, 3.05) is 17.3 Å². The molecule has 0 bridgehead atoms. The van der Waals surface area contributed by atoms with E-state index in [-0.39, 0.29) is 0 Å². The molecule has 0 radical (unpaired) electrons. The zero-order chi connectivity index (χ0) is 31.2. The molecule has 0 saturated carbocycles. The van der Waals surface area contributed by atoms with Crippen molar-refractivity contribution in [2.45, 2.75) is 66.7 Å². The molecule has 4 nitrogen and oxygen atoms in total. The van der Waals surface area contributed by atoms with E-state index in [0.717, 1.165) is 5.75 Å². The van der Waals surface area contributed by atoms with Crippen LogP contribution in [0.2, 0.25) is 0 Å². The molecule has 1 aliphatic rings. The predicted octanol–water partition coefficient (Wildman–Crippen LogP) is 5.49. The van der Waals surface area contributed by atoms with Gasteiger partial charge in [0.1, 0.15) is 11.5 Å². The normalized spacial score (nSPS) is 17.8. The quantitative estimate of drug-likeness (QED) is 0.189. The molecule has 1 fully saturated rings. The third-order valence-electron chi connectivity index (χ3n) is 4.53. The van der Waals surface area contributed by atoms with E-state index < -0.39 is 57.1 Å². The van der Waals surface area contributed by atoms with E-state index >= 15 is 0 Å². The minimum absolute atomic E-state index is 0.375. The molecule has 228 valence electrons. The summed E-state index contributed by atoms with van der Waals surface area (Å²) >= 11 is 0. The molecule has 0 aromatic heterocycles. The number of Topliss-reactive ketones (excluding diaryl/α,β-unsaturated/α-hetero) is 1. The van der Waals surface area contributed by atoms with E-state index in [9.17, 15) is 92.4 Å². The van der Waals surface area contributed by atoms with Gasteiger partial charge in [-0.05, 0) is 30.7 Å². The SMILES string of the molecule is CC(=O)C[S+]1CCCC1.O=S(=O)([O-])C(F)(F)C(F)(F)C(F)(F)C(F)(F)C(F)(F)C(F)(F)C(F)(F)C(F)(F)F. The van der Waals surface area contributed by atoms with Gasteiger partial charge in [0, 0.05) is 0 Å². The van der Waals surface area contributed by atoms with E-state index in [2.05, 4.69) is 0 Å². The van der Waals surface area contributed by atoms with Crippen LogP contribution in [0, 0.1) is 0 Å². The summed E-state index contributed by atoms with van der Waals surface area (Å²) in [6.45, 7) is 1.70. The molecule has 1 saturated heterocycles. The Bertz CT molecular complexity index is 953. The van der Waals surface area contributed by atoms with Gasteiger partial charge in [0.15, 0.2) is 21.7 Å². The Morgan fingerprint density at radius 2 is 0.921 bits per heavy atom. The molecule has 0 spiro atoms. The van der Waals surface area contributed by atoms with Gasteiger partial charge in [-0.3, -0.25) is 4.79 Å². The topological polar surface area (TPSA) is 74.3 Å². The molecule has 1 aliphatic heterocycles. The van der Waals surface area contributed by atoms with Gasteiger partial charge < -0.3 is 4.55 Å². The number of carbonyl (C=O) groups is 1. The molecular weight excluding hydrogens is 631 g/mol. The Morgan fingerprint density at radius 1 is 0.632 bits per heavy atom. The lowest BCUT2D eigenvalue weighted by Crippen LogP contribution is -2.75. The maximum Gasteiger partial charge on any atom is 0.460 e. The third-order valence-corrected chi connectivity index (χ3v) is 7.96. The van der Waals surface area contributed by atoms with Gasteiger partial charge in [-0.25, -0.2) is 8.42 Å². The molecule has 23 heteroatoms. The maximum atomic E-state index is 13.0. The largest absolute Gasteiger partial charge is 0.743 e. The first-order chi connectivity index (χ1) is 16.3. The summed E-state index contributed by atoms with van der Waals surface area (Å²) in [6, 6.07) is 0. The standard InChI is InChI=1S/C8HF17O3S.C7H13OS/c9-1(10,3(13,14)5(17,18)7(21,22)23)2(11,12)4(15,16)6(19,20)8(24,25)29(26,27)28;1-7(8)6-9-4-2-3-5-9/h(H,26,27,28);2-6H2,1H3/q;+1/p-1. The average Bonchev–Trinajstić information content (AvgIpc) is 3.18. The first-order valence-corrected chi connectivity index (χ1v) is 12.2. The number of hydrogen-bond acceptors (Lipinski definition) is 4. The molecule has 0 N–H and O–H groups in total. The molecule has 38 heavy (non-hydrogen) atoms. The van der Waals surface area contributed by atoms with Gasteiger partial charge in [-0.2, -0.15) is 74.6 Å². The predicted molar refractivity (Wildman–Crippen MR) is 92.3 cm³/mol. The highest BCUT2D eigenvalue weighted by atomic mass is 32.2. The van der Waals surface area contributed by atoms with Crippen molar-refractivity contribution in [3.63, 3.8) is 0 Å². The highest BCUT2D eigenvalue weighted by Crippen LogP contribution is 2.64. The van der Waals surface area contributed by atoms with Crippen molar-refractivity contribution in [1.29, 1.82) is 0 Å². The highest BCUT2D eigenvalue weighted by molar-refractivity contribution is 7.97. The molecule has 0 aliphatic carbocycles. The van der Waals surface area contributed by atoms with Crippen LogP contribution in [-0.4, -0.2) is 83.0 Å². The number of halogens is 17. The fraction of sp³-hybridized carbons (Fsp3) is 0.933. The second-order valence-electron chi connectivity index (χ2n) is 7.49. The van der Waals surface area contributed by atoms with Crippen LogP contribution in [0.4, 0.5) is 74.6 Å². The molecule has 1 heterocycles. The Labute approximate surface area is 204 Å². The van der Waals surface area contributed by atoms with Crippen LogP contribution in [0.15, 0.2) is 0 Å². The second-order valence-corrected chi connectivity index (χ2v) is 11.2. The van der Waals surface area contributed by atoms with Crippen molar-refractivity contribution in [1.82, 2.24) is 0 Å². The minimum Gasteiger partial charge on any atom is -0.743 e. The van der Waals surface area contributed by atoms with Crippen LogP contribution >= 0.6 is 0 Å². The summed E-state index contributed by atoms with van der Waals surface area (Å²) in [5.74, 6) is -48.3. The third kappa shape index (κ3) is 5.92. The summed E-state index contributed by atoms with van der Waals surface area (Å²) in [7, 11) is -7.65. The van der Waals surface area contributed by atoms with Gasteiger partial charge in [0.05, 0.1) is 0 Å². The van der Waals surface area contributed by atoms with E-state index in [1.807, 2.05) is 0 Å². The van der Waals surface area contributed by atoms with Crippen molar-refractivity contribution >= 4 is 26.8 Å². The monoisotopic (exact) mass is 644 g/mol. The Kier molecular flexibility index (Phi) is 10.3. The molecule has 0 aromatic rings. The van der Waals surface area contributed by atoms with E-state index in [4.69, 9.17) is 0 Å². The zero-order valence-electron chi connectivity index (χ0n) is 17.9. The molecular formula is C15H13F17O4S2. The van der Waals surface area contributed by atoms with Crippen molar-refractivity contribution in [3.8, 4) is 0 Å². The number of alkyl halides is 17. The minimum atomic E-state index is -8.92. The molecule has 0 atom stereocenters. The fourth-order valence-corrected chi connectivity index (χ4v) is 5.19. The zero-order valence-corrected chi connectivity index (χ0v) is 19.5. The van der Waals surface area contributed by atoms with E-state index in [1.165, 1.54) is 24.3 Å². The summed E-state index contributed by atoms with van der Waals surface area (Å²) < 4.78 is 244. The van der Waals surface area contributed by atoms with Gasteiger partial charge in [0.2, 0.25) is 0 Å². The number of rotatable bonds is 9. The van der Waals surface area contributed by atoms with E-state index in [1.54, 1.807) is 6.92 Å². The average molecular weight is 644 g/mol. The van der Waals surface area contributed by atoms with Crippen LogP contribution in [0.3, 0.4) is 0 Å². The lowest BCUT2D eigenvalue weighted by Gasteiger charge is -2.42. The maximum absolute atomic E-state index is 13.0. The number of hydrogen-bond donors (Lipinski definition) is 0. The summed E-state index contributed by atoms with van der Waals surface area (Å²) in [5.41, 5.74) is 0. The lowest BCUT2D eigenvalue weighted by molar-refractivity contribution is -0.458. The van der Waals surface area contributed by atoms with E-state index in [0.29, 0.717) is 16.7 Å². The summed E-state index contributed by atoms with van der Waals surface area (Å²) in [5, 5.41) is -7.95. The first kappa shape index (κ1) is 36.7. The van der Waals surface area contributed by atoms with Crippen molar-refractivity contribution in [3.05, 3.63) is 0 Å². The van der Waals surface area contributed by atoms with Crippen molar-refractivity contribution in [2.24, 2.45) is 0 Å². The van der Waals surface area contributed by atoms with Gasteiger partial charge >= 0.3 is 47.0 Å². The Hall–Kier alpha value is -1.26. The van der Waals surface area contributed by atoms with Crippen LogP contribution in [0.1, 0.15) is 19.8 Å². The van der Waals surface area contributed by atoms with Gasteiger partial charge in [-0.15, -0.1) is 0 Å².